The molecular formula is C47H35N3. The quantitative estimate of drug-likeness (QED) is 0.122. The standard InChI is InChI=1S/C47H35N3/c1-4-5-13-34-14-12-18-38-31(2)35(28-43(34)38)30-48-32(3)33-22-24-36(25-23-33)49-44-19-9-8-17-41(44)42-27-26-37(29-47(42)49)50-45-20-10-6-15-39(45)40-16-7-11-21-46(40)50/h4-27,29-30H,1,3,28H2,2H3/b13-5-,48-30?. The van der Waals surface area contributed by atoms with Gasteiger partial charge in [-0.05, 0) is 82.8 Å². The third-order valence-corrected chi connectivity index (χ3v) is 10.2. The zero-order valence-electron chi connectivity index (χ0n) is 28.0. The van der Waals surface area contributed by atoms with E-state index < -0.39 is 0 Å². The molecule has 0 spiro atoms. The van der Waals surface area contributed by atoms with Crippen LogP contribution in [0.2, 0.25) is 0 Å². The summed E-state index contributed by atoms with van der Waals surface area (Å²) < 4.78 is 4.76. The van der Waals surface area contributed by atoms with Crippen LogP contribution in [-0.2, 0) is 6.42 Å². The van der Waals surface area contributed by atoms with Crippen LogP contribution < -0.4 is 0 Å². The van der Waals surface area contributed by atoms with E-state index in [4.69, 9.17) is 4.99 Å². The molecule has 3 heteroatoms. The Bertz CT molecular complexity index is 2710. The van der Waals surface area contributed by atoms with E-state index in [1.807, 2.05) is 18.4 Å². The first-order chi connectivity index (χ1) is 24.6. The van der Waals surface area contributed by atoms with E-state index in [1.54, 1.807) is 0 Å². The summed E-state index contributed by atoms with van der Waals surface area (Å²) in [5, 5.41) is 4.99. The van der Waals surface area contributed by atoms with E-state index in [0.29, 0.717) is 0 Å². The van der Waals surface area contributed by atoms with Crippen LogP contribution in [0.5, 0.6) is 0 Å². The Hall–Kier alpha value is -6.45. The average Bonchev–Trinajstić information content (AvgIpc) is 3.80. The van der Waals surface area contributed by atoms with Gasteiger partial charge < -0.3 is 9.13 Å². The summed E-state index contributed by atoms with van der Waals surface area (Å²) in [5.41, 5.74) is 15.1. The average molecular weight is 642 g/mol. The fourth-order valence-corrected chi connectivity index (χ4v) is 7.73. The molecule has 1 aliphatic carbocycles. The van der Waals surface area contributed by atoms with Crippen molar-refractivity contribution in [1.29, 1.82) is 0 Å². The molecule has 0 fully saturated rings. The van der Waals surface area contributed by atoms with Crippen molar-refractivity contribution in [3.63, 3.8) is 0 Å². The molecule has 2 heterocycles. The van der Waals surface area contributed by atoms with Gasteiger partial charge in [-0.15, -0.1) is 0 Å². The van der Waals surface area contributed by atoms with Gasteiger partial charge in [0.05, 0.1) is 27.8 Å². The summed E-state index contributed by atoms with van der Waals surface area (Å²) in [5.74, 6) is 0. The fraction of sp³-hybridized carbons (Fsp3) is 0.0426. The molecule has 8 aromatic rings. The Morgan fingerprint density at radius 2 is 1.22 bits per heavy atom. The van der Waals surface area contributed by atoms with Gasteiger partial charge in [0.15, 0.2) is 0 Å². The first kappa shape index (κ1) is 29.7. The molecule has 0 amide bonds. The highest BCUT2D eigenvalue weighted by Crippen LogP contribution is 2.38. The van der Waals surface area contributed by atoms with Crippen molar-refractivity contribution in [2.75, 3.05) is 0 Å². The van der Waals surface area contributed by atoms with Crippen molar-refractivity contribution in [2.45, 2.75) is 13.3 Å². The highest BCUT2D eigenvalue weighted by atomic mass is 15.0. The molecular weight excluding hydrogens is 607 g/mol. The molecule has 0 unspecified atom stereocenters. The van der Waals surface area contributed by atoms with Crippen LogP contribution in [0.4, 0.5) is 0 Å². The lowest BCUT2D eigenvalue weighted by molar-refractivity contribution is 1.15. The molecule has 2 aromatic heterocycles. The predicted octanol–water partition coefficient (Wildman–Crippen LogP) is 12.2. The predicted molar refractivity (Wildman–Crippen MR) is 215 cm³/mol. The van der Waals surface area contributed by atoms with Crippen LogP contribution in [0.3, 0.4) is 0 Å². The summed E-state index contributed by atoms with van der Waals surface area (Å²) in [6.07, 6.45) is 8.79. The second kappa shape index (κ2) is 11.9. The molecule has 0 saturated carbocycles. The van der Waals surface area contributed by atoms with Gasteiger partial charge in [-0.1, -0.05) is 122 Å². The molecule has 1 aliphatic rings. The molecule has 0 N–H and O–H groups in total. The monoisotopic (exact) mass is 641 g/mol. The number of rotatable bonds is 7. The van der Waals surface area contributed by atoms with Crippen LogP contribution in [-0.4, -0.2) is 15.3 Å². The number of hydrogen-bond acceptors (Lipinski definition) is 1. The highest BCUT2D eigenvalue weighted by molar-refractivity contribution is 6.12. The fourth-order valence-electron chi connectivity index (χ4n) is 7.73. The Labute approximate surface area is 291 Å². The van der Waals surface area contributed by atoms with E-state index >= 15 is 0 Å². The van der Waals surface area contributed by atoms with Gasteiger partial charge in [-0.2, -0.15) is 0 Å². The normalized spacial score (nSPS) is 13.1. The van der Waals surface area contributed by atoms with Gasteiger partial charge in [0.25, 0.3) is 0 Å². The molecule has 0 saturated heterocycles. The summed E-state index contributed by atoms with van der Waals surface area (Å²) in [4.78, 5) is 4.86. The minimum Gasteiger partial charge on any atom is -0.309 e. The Morgan fingerprint density at radius 1 is 0.640 bits per heavy atom. The number of fused-ring (bicyclic) bond motifs is 7. The Balaban J connectivity index is 1.08. The summed E-state index contributed by atoms with van der Waals surface area (Å²) in [6, 6.07) is 48.0. The van der Waals surface area contributed by atoms with Gasteiger partial charge in [0, 0.05) is 45.6 Å². The lowest BCUT2D eigenvalue weighted by Crippen LogP contribution is -1.97. The Morgan fingerprint density at radius 3 is 1.86 bits per heavy atom. The van der Waals surface area contributed by atoms with Crippen LogP contribution in [0.15, 0.2) is 169 Å². The molecule has 0 bridgehead atoms. The number of benzene rings is 6. The lowest BCUT2D eigenvalue weighted by atomic mass is 10.0. The molecule has 0 radical (unpaired) electrons. The maximum atomic E-state index is 4.86. The minimum atomic E-state index is 0.746. The maximum absolute atomic E-state index is 4.86. The van der Waals surface area contributed by atoms with Crippen LogP contribution in [0.25, 0.3) is 72.3 Å². The minimum absolute atomic E-state index is 0.746. The zero-order valence-corrected chi connectivity index (χ0v) is 28.0. The number of nitrogens with zero attached hydrogens (tertiary/aromatic N) is 3. The van der Waals surface area contributed by atoms with Gasteiger partial charge in [0.2, 0.25) is 0 Å². The summed E-state index contributed by atoms with van der Waals surface area (Å²) in [6.45, 7) is 10.4. The zero-order chi connectivity index (χ0) is 33.8. The van der Waals surface area contributed by atoms with Crippen molar-refractivity contribution >= 4 is 67.2 Å². The van der Waals surface area contributed by atoms with Gasteiger partial charge in [-0.3, -0.25) is 4.99 Å². The first-order valence-electron chi connectivity index (χ1n) is 17.1. The molecule has 6 aromatic carbocycles. The first-order valence-corrected chi connectivity index (χ1v) is 17.1. The molecule has 9 rings (SSSR count). The highest BCUT2D eigenvalue weighted by Gasteiger charge is 2.20. The smallest absolute Gasteiger partial charge is 0.0630 e. The maximum Gasteiger partial charge on any atom is 0.0630 e. The second-order valence-corrected chi connectivity index (χ2v) is 13.0. The lowest BCUT2D eigenvalue weighted by Gasteiger charge is -2.12. The third kappa shape index (κ3) is 4.70. The van der Waals surface area contributed by atoms with Crippen molar-refractivity contribution in [2.24, 2.45) is 4.99 Å². The molecule has 238 valence electrons. The van der Waals surface area contributed by atoms with E-state index in [-0.39, 0.29) is 0 Å². The largest absolute Gasteiger partial charge is 0.309 e. The topological polar surface area (TPSA) is 22.2 Å². The third-order valence-electron chi connectivity index (χ3n) is 10.2. The van der Waals surface area contributed by atoms with Crippen molar-refractivity contribution in [3.05, 3.63) is 187 Å². The number of hydrogen-bond donors (Lipinski definition) is 0. The number of aromatic nitrogens is 2. The van der Waals surface area contributed by atoms with Crippen LogP contribution >= 0.6 is 0 Å². The number of allylic oxidation sites excluding steroid dienone is 4. The second-order valence-electron chi connectivity index (χ2n) is 13.0. The van der Waals surface area contributed by atoms with E-state index in [9.17, 15) is 0 Å². The molecule has 3 nitrogen and oxygen atoms in total. The SMILES string of the molecule is C=C/C=C\c1cccc2c1CC(C=NC(=C)c1ccc(-n3c4ccccc4c4ccc(-n5c6ccccc6c6ccccc65)cc43)cc1)=C2C. The van der Waals surface area contributed by atoms with Crippen LogP contribution in [0.1, 0.15) is 29.2 Å². The number of aliphatic imine (C=N–C) groups is 1. The van der Waals surface area contributed by atoms with Gasteiger partial charge >= 0.3 is 0 Å². The van der Waals surface area contributed by atoms with Gasteiger partial charge in [0.1, 0.15) is 0 Å². The van der Waals surface area contributed by atoms with Gasteiger partial charge in [-0.25, -0.2) is 0 Å². The van der Waals surface area contributed by atoms with E-state index in [0.717, 1.165) is 29.1 Å². The molecule has 50 heavy (non-hydrogen) atoms. The number of para-hydroxylation sites is 3. The molecule has 0 atom stereocenters. The van der Waals surface area contributed by atoms with Crippen molar-refractivity contribution < 1.29 is 0 Å². The summed E-state index contributed by atoms with van der Waals surface area (Å²) in [7, 11) is 0. The van der Waals surface area contributed by atoms with E-state index in [2.05, 4.69) is 169 Å². The molecule has 0 aliphatic heterocycles. The summed E-state index contributed by atoms with van der Waals surface area (Å²) >= 11 is 0. The van der Waals surface area contributed by atoms with Crippen molar-refractivity contribution in [3.8, 4) is 11.4 Å². The van der Waals surface area contributed by atoms with Crippen molar-refractivity contribution in [1.82, 2.24) is 9.13 Å². The Kier molecular flexibility index (Phi) is 7.06. The van der Waals surface area contributed by atoms with Crippen LogP contribution in [0, 0.1) is 0 Å². The van der Waals surface area contributed by atoms with E-state index in [1.165, 1.54) is 71.4 Å².